The first-order valence-corrected chi connectivity index (χ1v) is 3.51. The molecule has 0 aromatic carbocycles. The third kappa shape index (κ3) is 1.16. The van der Waals surface area contributed by atoms with Gasteiger partial charge in [-0.05, 0) is 6.92 Å². The zero-order chi connectivity index (χ0) is 6.85. The molecule has 1 rings (SSSR count). The Balaban J connectivity index is 3.08. The van der Waals surface area contributed by atoms with E-state index >= 15 is 0 Å². The smallest absolute Gasteiger partial charge is 0.171 e. The Bertz CT molecular complexity index is 229. The van der Waals surface area contributed by atoms with E-state index in [0.717, 1.165) is 10.6 Å². The summed E-state index contributed by atoms with van der Waals surface area (Å²) in [5.74, 6) is 0.106. The minimum Gasteiger partial charge on any atom is -0.294 e. The van der Waals surface area contributed by atoms with Gasteiger partial charge in [0.2, 0.25) is 0 Å². The van der Waals surface area contributed by atoms with Gasteiger partial charge in [-0.15, -0.1) is 11.3 Å². The molecule has 0 aliphatic heterocycles. The SMILES string of the molecule is CC(=O)c1scnc1C. The van der Waals surface area contributed by atoms with E-state index in [1.54, 1.807) is 12.4 Å². The van der Waals surface area contributed by atoms with Crippen molar-refractivity contribution in [2.24, 2.45) is 0 Å². The van der Waals surface area contributed by atoms with Gasteiger partial charge in [-0.25, -0.2) is 4.98 Å². The summed E-state index contributed by atoms with van der Waals surface area (Å²) in [5.41, 5.74) is 2.53. The largest absolute Gasteiger partial charge is 0.294 e. The highest BCUT2D eigenvalue weighted by atomic mass is 32.1. The number of rotatable bonds is 1. The highest BCUT2D eigenvalue weighted by Gasteiger charge is 2.04. The highest BCUT2D eigenvalue weighted by molar-refractivity contribution is 7.11. The van der Waals surface area contributed by atoms with E-state index in [2.05, 4.69) is 4.98 Å². The van der Waals surface area contributed by atoms with Gasteiger partial charge in [0.25, 0.3) is 0 Å². The predicted octanol–water partition coefficient (Wildman–Crippen LogP) is 1.65. The number of nitrogens with zero attached hydrogens (tertiary/aromatic N) is 1. The summed E-state index contributed by atoms with van der Waals surface area (Å²) in [4.78, 5) is 15.4. The molecule has 3 heteroatoms. The van der Waals surface area contributed by atoms with E-state index in [0.29, 0.717) is 0 Å². The van der Waals surface area contributed by atoms with Crippen LogP contribution in [0, 0.1) is 6.92 Å². The summed E-state index contributed by atoms with van der Waals surface area (Å²) in [7, 11) is 0. The van der Waals surface area contributed by atoms with Crippen LogP contribution in [0.15, 0.2) is 5.51 Å². The summed E-state index contributed by atoms with van der Waals surface area (Å²) >= 11 is 1.40. The van der Waals surface area contributed by atoms with Crippen LogP contribution in [-0.2, 0) is 0 Å². The second-order valence-corrected chi connectivity index (χ2v) is 2.68. The van der Waals surface area contributed by atoms with Crippen molar-refractivity contribution in [3.8, 4) is 0 Å². The fourth-order valence-corrected chi connectivity index (χ4v) is 1.35. The molecule has 9 heavy (non-hydrogen) atoms. The maximum absolute atomic E-state index is 10.7. The van der Waals surface area contributed by atoms with E-state index in [1.165, 1.54) is 11.3 Å². The molecular formula is C6H7NOS. The Kier molecular flexibility index (Phi) is 1.62. The zero-order valence-electron chi connectivity index (χ0n) is 5.34. The summed E-state index contributed by atoms with van der Waals surface area (Å²) < 4.78 is 0. The Labute approximate surface area is 57.5 Å². The molecule has 2 nitrogen and oxygen atoms in total. The van der Waals surface area contributed by atoms with Crippen LogP contribution in [0.4, 0.5) is 0 Å². The van der Waals surface area contributed by atoms with Crippen LogP contribution in [0.5, 0.6) is 0 Å². The molecule has 1 aromatic rings. The normalized spacial score (nSPS) is 9.56. The van der Waals surface area contributed by atoms with Crippen molar-refractivity contribution >= 4 is 17.1 Å². The first-order chi connectivity index (χ1) is 4.22. The van der Waals surface area contributed by atoms with Gasteiger partial charge in [-0.2, -0.15) is 0 Å². The van der Waals surface area contributed by atoms with Gasteiger partial charge in [0.15, 0.2) is 5.78 Å². The van der Waals surface area contributed by atoms with Crippen molar-refractivity contribution in [2.45, 2.75) is 13.8 Å². The molecular weight excluding hydrogens is 134 g/mol. The van der Waals surface area contributed by atoms with E-state index in [-0.39, 0.29) is 5.78 Å². The second-order valence-electron chi connectivity index (χ2n) is 1.82. The lowest BCUT2D eigenvalue weighted by molar-refractivity contribution is 0.102. The number of carbonyl (C=O) groups excluding carboxylic acids is 1. The highest BCUT2D eigenvalue weighted by Crippen LogP contribution is 2.11. The van der Waals surface area contributed by atoms with Crippen molar-refractivity contribution in [3.63, 3.8) is 0 Å². The van der Waals surface area contributed by atoms with Crippen LogP contribution in [0.3, 0.4) is 0 Å². The Morgan fingerprint density at radius 1 is 1.78 bits per heavy atom. The molecule has 0 atom stereocenters. The summed E-state index contributed by atoms with van der Waals surface area (Å²) in [6.07, 6.45) is 0. The fraction of sp³-hybridized carbons (Fsp3) is 0.333. The Morgan fingerprint density at radius 3 is 2.67 bits per heavy atom. The molecule has 0 unspecified atom stereocenters. The van der Waals surface area contributed by atoms with Crippen molar-refractivity contribution in [2.75, 3.05) is 0 Å². The fourth-order valence-electron chi connectivity index (χ4n) is 0.640. The standard InChI is InChI=1S/C6H7NOS/c1-4-6(5(2)8)9-3-7-4/h3H,1-2H3. The molecule has 48 valence electrons. The van der Waals surface area contributed by atoms with Crippen LogP contribution < -0.4 is 0 Å². The first kappa shape index (κ1) is 6.42. The molecule has 0 spiro atoms. The van der Waals surface area contributed by atoms with Crippen molar-refractivity contribution < 1.29 is 4.79 Å². The summed E-state index contributed by atoms with van der Waals surface area (Å²) in [6.45, 7) is 3.40. The van der Waals surface area contributed by atoms with E-state index in [1.807, 2.05) is 6.92 Å². The minimum atomic E-state index is 0.106. The van der Waals surface area contributed by atoms with E-state index < -0.39 is 0 Å². The van der Waals surface area contributed by atoms with Gasteiger partial charge >= 0.3 is 0 Å². The van der Waals surface area contributed by atoms with E-state index in [9.17, 15) is 4.79 Å². The number of carbonyl (C=O) groups is 1. The topological polar surface area (TPSA) is 30.0 Å². The van der Waals surface area contributed by atoms with Crippen LogP contribution in [0.25, 0.3) is 0 Å². The van der Waals surface area contributed by atoms with Gasteiger partial charge in [0.1, 0.15) is 0 Å². The lowest BCUT2D eigenvalue weighted by Crippen LogP contribution is -1.89. The van der Waals surface area contributed by atoms with Crippen molar-refractivity contribution in [1.29, 1.82) is 0 Å². The maximum Gasteiger partial charge on any atom is 0.171 e. The molecule has 0 radical (unpaired) electrons. The van der Waals surface area contributed by atoms with Gasteiger partial charge in [0.05, 0.1) is 16.1 Å². The van der Waals surface area contributed by atoms with Crippen LogP contribution in [0.1, 0.15) is 22.3 Å². The Hall–Kier alpha value is -0.700. The van der Waals surface area contributed by atoms with Crippen LogP contribution in [-0.4, -0.2) is 10.8 Å². The van der Waals surface area contributed by atoms with Crippen LogP contribution in [0.2, 0.25) is 0 Å². The molecule has 1 aromatic heterocycles. The molecule has 0 aliphatic rings. The number of aryl methyl sites for hydroxylation is 1. The number of aromatic nitrogens is 1. The molecule has 0 saturated heterocycles. The molecule has 0 saturated carbocycles. The second kappa shape index (κ2) is 2.27. The maximum atomic E-state index is 10.7. The lowest BCUT2D eigenvalue weighted by Gasteiger charge is -1.85. The van der Waals surface area contributed by atoms with Gasteiger partial charge in [0, 0.05) is 6.92 Å². The monoisotopic (exact) mass is 141 g/mol. The number of ketones is 1. The molecule has 0 fully saturated rings. The first-order valence-electron chi connectivity index (χ1n) is 2.63. The summed E-state index contributed by atoms with van der Waals surface area (Å²) in [5, 5.41) is 0. The predicted molar refractivity (Wildman–Crippen MR) is 36.9 cm³/mol. The molecule has 1 heterocycles. The zero-order valence-corrected chi connectivity index (χ0v) is 6.16. The lowest BCUT2D eigenvalue weighted by atomic mass is 10.3. The average Bonchev–Trinajstić information content (AvgIpc) is 2.13. The van der Waals surface area contributed by atoms with Gasteiger partial charge in [-0.1, -0.05) is 0 Å². The van der Waals surface area contributed by atoms with Gasteiger partial charge in [-0.3, -0.25) is 4.79 Å². The average molecular weight is 141 g/mol. The molecule has 0 N–H and O–H groups in total. The third-order valence-electron chi connectivity index (χ3n) is 1.07. The number of Topliss-reactive ketones (excluding diaryl/α,β-unsaturated/α-hetero) is 1. The van der Waals surface area contributed by atoms with Crippen molar-refractivity contribution in [3.05, 3.63) is 16.1 Å². The van der Waals surface area contributed by atoms with Crippen LogP contribution >= 0.6 is 11.3 Å². The van der Waals surface area contributed by atoms with E-state index in [4.69, 9.17) is 0 Å². The number of thiazole rings is 1. The Morgan fingerprint density at radius 2 is 2.44 bits per heavy atom. The number of hydrogen-bond acceptors (Lipinski definition) is 3. The summed E-state index contributed by atoms with van der Waals surface area (Å²) in [6, 6.07) is 0. The number of hydrogen-bond donors (Lipinski definition) is 0. The quantitative estimate of drug-likeness (QED) is 0.557. The minimum absolute atomic E-state index is 0.106. The molecule has 0 amide bonds. The van der Waals surface area contributed by atoms with Crippen molar-refractivity contribution in [1.82, 2.24) is 4.98 Å². The molecule has 0 bridgehead atoms. The molecule has 0 aliphatic carbocycles. The third-order valence-corrected chi connectivity index (χ3v) is 2.09. The van der Waals surface area contributed by atoms with Gasteiger partial charge < -0.3 is 0 Å².